The summed E-state index contributed by atoms with van der Waals surface area (Å²) in [5.74, 6) is 0.488. The SMILES string of the molecule is O=C(N[C@H]1[C@H]2CCO[C@H]2[C@@H]1N1CCCCC1)c1n[nH]c2c1CCCC2. The minimum Gasteiger partial charge on any atom is -0.376 e. The summed E-state index contributed by atoms with van der Waals surface area (Å²) in [5.41, 5.74) is 2.95. The maximum atomic E-state index is 12.9. The maximum Gasteiger partial charge on any atom is 0.272 e. The molecule has 4 aliphatic rings. The number of nitrogens with zero attached hydrogens (tertiary/aromatic N) is 2. The second kappa shape index (κ2) is 6.40. The van der Waals surface area contributed by atoms with Gasteiger partial charge in [0.15, 0.2) is 5.69 Å². The van der Waals surface area contributed by atoms with E-state index in [-0.39, 0.29) is 11.9 Å². The molecule has 1 aromatic rings. The van der Waals surface area contributed by atoms with Crippen molar-refractivity contribution in [2.24, 2.45) is 5.92 Å². The first-order valence-electron chi connectivity index (χ1n) is 10.1. The fraction of sp³-hybridized carbons (Fsp3) is 0.789. The summed E-state index contributed by atoms with van der Waals surface area (Å²) in [5, 5.41) is 10.8. The molecule has 5 rings (SSSR count). The van der Waals surface area contributed by atoms with Gasteiger partial charge in [0.05, 0.1) is 18.2 Å². The molecule has 0 aromatic carbocycles. The maximum absolute atomic E-state index is 12.9. The van der Waals surface area contributed by atoms with Gasteiger partial charge in [0, 0.05) is 23.8 Å². The molecule has 1 amide bonds. The second-order valence-corrected chi connectivity index (χ2v) is 8.11. The first kappa shape index (κ1) is 15.8. The Morgan fingerprint density at radius 3 is 2.88 bits per heavy atom. The van der Waals surface area contributed by atoms with Crippen LogP contribution in [0.5, 0.6) is 0 Å². The molecule has 0 bridgehead atoms. The largest absolute Gasteiger partial charge is 0.376 e. The summed E-state index contributed by atoms with van der Waals surface area (Å²) < 4.78 is 6.00. The molecule has 2 N–H and O–H groups in total. The highest BCUT2D eigenvalue weighted by Crippen LogP contribution is 2.42. The third kappa shape index (κ3) is 2.61. The van der Waals surface area contributed by atoms with E-state index in [1.165, 1.54) is 31.4 Å². The topological polar surface area (TPSA) is 70.2 Å². The number of hydrogen-bond acceptors (Lipinski definition) is 4. The Kier molecular flexibility index (Phi) is 4.05. The number of aryl methyl sites for hydroxylation is 1. The summed E-state index contributed by atoms with van der Waals surface area (Å²) in [4.78, 5) is 15.5. The minimum atomic E-state index is 0.0109. The van der Waals surface area contributed by atoms with E-state index < -0.39 is 0 Å². The van der Waals surface area contributed by atoms with Crippen LogP contribution in [0.4, 0.5) is 0 Å². The number of rotatable bonds is 3. The summed E-state index contributed by atoms with van der Waals surface area (Å²) >= 11 is 0. The van der Waals surface area contributed by atoms with Gasteiger partial charge in [-0.15, -0.1) is 0 Å². The zero-order valence-electron chi connectivity index (χ0n) is 14.8. The lowest BCUT2D eigenvalue weighted by Crippen LogP contribution is -2.71. The molecule has 25 heavy (non-hydrogen) atoms. The number of amides is 1. The zero-order chi connectivity index (χ0) is 16.8. The highest BCUT2D eigenvalue weighted by molar-refractivity contribution is 5.94. The van der Waals surface area contributed by atoms with Crippen LogP contribution < -0.4 is 5.32 Å². The summed E-state index contributed by atoms with van der Waals surface area (Å²) in [7, 11) is 0. The third-order valence-electron chi connectivity index (χ3n) is 6.73. The molecule has 3 fully saturated rings. The molecule has 1 saturated carbocycles. The van der Waals surface area contributed by atoms with E-state index in [0.717, 1.165) is 50.9 Å². The Hall–Kier alpha value is -1.40. The second-order valence-electron chi connectivity index (χ2n) is 8.11. The van der Waals surface area contributed by atoms with Gasteiger partial charge in [-0.3, -0.25) is 14.8 Å². The van der Waals surface area contributed by atoms with Crippen LogP contribution in [0.2, 0.25) is 0 Å². The number of aromatic amines is 1. The Bertz CT molecular complexity index is 652. The number of piperidine rings is 1. The third-order valence-corrected chi connectivity index (χ3v) is 6.73. The number of carbonyl (C=O) groups is 1. The van der Waals surface area contributed by atoms with E-state index in [0.29, 0.717) is 23.8 Å². The van der Waals surface area contributed by atoms with Crippen LogP contribution in [0.25, 0.3) is 0 Å². The van der Waals surface area contributed by atoms with Crippen molar-refractivity contribution in [3.63, 3.8) is 0 Å². The van der Waals surface area contributed by atoms with E-state index >= 15 is 0 Å². The lowest BCUT2D eigenvalue weighted by Gasteiger charge is -2.53. The smallest absolute Gasteiger partial charge is 0.272 e. The normalized spacial score (nSPS) is 34.9. The number of hydrogen-bond donors (Lipinski definition) is 2. The molecule has 1 aromatic heterocycles. The summed E-state index contributed by atoms with van der Waals surface area (Å²) in [6, 6.07) is 0.570. The van der Waals surface area contributed by atoms with Gasteiger partial charge in [-0.1, -0.05) is 6.42 Å². The number of aromatic nitrogens is 2. The van der Waals surface area contributed by atoms with E-state index in [4.69, 9.17) is 4.74 Å². The van der Waals surface area contributed by atoms with Crippen LogP contribution in [-0.4, -0.2) is 58.9 Å². The Morgan fingerprint density at radius 2 is 2.00 bits per heavy atom. The predicted molar refractivity (Wildman–Crippen MR) is 93.5 cm³/mol. The molecule has 136 valence electrons. The van der Waals surface area contributed by atoms with Crippen LogP contribution in [0.3, 0.4) is 0 Å². The molecule has 0 radical (unpaired) electrons. The fourth-order valence-electron chi connectivity index (χ4n) is 5.41. The number of nitrogens with one attached hydrogen (secondary N) is 2. The van der Waals surface area contributed by atoms with Crippen molar-refractivity contribution in [2.45, 2.75) is 69.6 Å². The summed E-state index contributed by atoms with van der Waals surface area (Å²) in [6.07, 6.45) is 9.59. The van der Waals surface area contributed by atoms with Gasteiger partial charge in [-0.05, 0) is 58.0 Å². The zero-order valence-corrected chi connectivity index (χ0v) is 14.8. The van der Waals surface area contributed by atoms with Crippen molar-refractivity contribution in [1.82, 2.24) is 20.4 Å². The quantitative estimate of drug-likeness (QED) is 0.875. The van der Waals surface area contributed by atoms with Crippen LogP contribution >= 0.6 is 0 Å². The molecule has 3 heterocycles. The highest BCUT2D eigenvalue weighted by atomic mass is 16.5. The van der Waals surface area contributed by atoms with Gasteiger partial charge in [0.25, 0.3) is 5.91 Å². The van der Waals surface area contributed by atoms with Crippen molar-refractivity contribution in [3.8, 4) is 0 Å². The first-order chi connectivity index (χ1) is 12.3. The minimum absolute atomic E-state index is 0.0109. The van der Waals surface area contributed by atoms with Crippen molar-refractivity contribution in [2.75, 3.05) is 19.7 Å². The van der Waals surface area contributed by atoms with E-state index in [2.05, 4.69) is 20.4 Å². The Morgan fingerprint density at radius 1 is 1.16 bits per heavy atom. The molecule has 4 atom stereocenters. The van der Waals surface area contributed by atoms with Crippen molar-refractivity contribution >= 4 is 5.91 Å². The molecular weight excluding hydrogens is 316 g/mol. The predicted octanol–water partition coefficient (Wildman–Crippen LogP) is 1.66. The first-order valence-corrected chi connectivity index (χ1v) is 10.1. The van der Waals surface area contributed by atoms with Gasteiger partial charge in [-0.2, -0.15) is 5.10 Å². The lowest BCUT2D eigenvalue weighted by molar-refractivity contribution is -0.0862. The van der Waals surface area contributed by atoms with Crippen molar-refractivity contribution in [1.29, 1.82) is 0 Å². The van der Waals surface area contributed by atoms with Crippen molar-refractivity contribution in [3.05, 3.63) is 17.0 Å². The van der Waals surface area contributed by atoms with Gasteiger partial charge in [0.2, 0.25) is 0 Å². The van der Waals surface area contributed by atoms with E-state index in [1.54, 1.807) is 0 Å². The van der Waals surface area contributed by atoms with Crippen LogP contribution in [-0.2, 0) is 17.6 Å². The molecule has 2 aliphatic heterocycles. The number of likely N-dealkylation sites (tertiary alicyclic amines) is 1. The molecule has 2 aliphatic carbocycles. The highest BCUT2D eigenvalue weighted by Gasteiger charge is 2.56. The fourth-order valence-corrected chi connectivity index (χ4v) is 5.41. The number of fused-ring (bicyclic) bond motifs is 2. The Balaban J connectivity index is 1.33. The van der Waals surface area contributed by atoms with Crippen LogP contribution in [0.1, 0.15) is 60.3 Å². The molecule has 0 unspecified atom stereocenters. The number of ether oxygens (including phenoxy) is 1. The summed E-state index contributed by atoms with van der Waals surface area (Å²) in [6.45, 7) is 3.12. The molecule has 2 saturated heterocycles. The molecular formula is C19H28N4O2. The van der Waals surface area contributed by atoms with Gasteiger partial charge in [0.1, 0.15) is 0 Å². The molecule has 6 nitrogen and oxygen atoms in total. The van der Waals surface area contributed by atoms with E-state index in [1.807, 2.05) is 0 Å². The van der Waals surface area contributed by atoms with Gasteiger partial charge in [-0.25, -0.2) is 0 Å². The lowest BCUT2D eigenvalue weighted by atomic mass is 9.70. The van der Waals surface area contributed by atoms with Crippen LogP contribution in [0.15, 0.2) is 0 Å². The standard InChI is InChI=1S/C19H28N4O2/c24-19(16-12-6-2-3-7-14(12)21-22-16)20-15-13-8-11-25-18(13)17(15)23-9-4-1-5-10-23/h13,15,17-18H,1-11H2,(H,20,24)(H,21,22)/t13-,15+,17-,18-/m1/s1. The molecule has 6 heteroatoms. The number of H-pyrrole nitrogens is 1. The monoisotopic (exact) mass is 344 g/mol. The Labute approximate surface area is 148 Å². The average molecular weight is 344 g/mol. The van der Waals surface area contributed by atoms with Crippen LogP contribution in [0, 0.1) is 5.92 Å². The van der Waals surface area contributed by atoms with Gasteiger partial charge >= 0.3 is 0 Å². The average Bonchev–Trinajstić information content (AvgIpc) is 3.25. The van der Waals surface area contributed by atoms with Crippen molar-refractivity contribution < 1.29 is 9.53 Å². The van der Waals surface area contributed by atoms with Gasteiger partial charge < -0.3 is 10.1 Å². The number of carbonyl (C=O) groups excluding carboxylic acids is 1. The van der Waals surface area contributed by atoms with E-state index in [9.17, 15) is 4.79 Å². The molecule has 0 spiro atoms.